The highest BCUT2D eigenvalue weighted by Crippen LogP contribution is 2.26. The van der Waals surface area contributed by atoms with Crippen molar-refractivity contribution in [3.63, 3.8) is 0 Å². The summed E-state index contributed by atoms with van der Waals surface area (Å²) in [5.41, 5.74) is 4.23. The molecule has 0 amide bonds. The molecule has 1 unspecified atom stereocenters. The summed E-state index contributed by atoms with van der Waals surface area (Å²) in [5.74, 6) is 0. The Morgan fingerprint density at radius 2 is 1.40 bits per heavy atom. The molecule has 2 aromatic carbocycles. The van der Waals surface area contributed by atoms with Crippen LogP contribution in [0.1, 0.15) is 50.4 Å². The number of hydrogen-bond acceptors (Lipinski definition) is 1. The average Bonchev–Trinajstić information content (AvgIpc) is 2.45. The van der Waals surface area contributed by atoms with Crippen LogP contribution in [0.4, 0.5) is 0 Å². The Hall–Kier alpha value is -1.60. The number of benzene rings is 2. The van der Waals surface area contributed by atoms with E-state index in [4.69, 9.17) is 0 Å². The molecule has 0 fully saturated rings. The van der Waals surface area contributed by atoms with Gasteiger partial charge in [0.2, 0.25) is 0 Å². The third kappa shape index (κ3) is 3.49. The molecule has 1 atom stereocenters. The third-order valence-corrected chi connectivity index (χ3v) is 3.65. The van der Waals surface area contributed by atoms with E-state index in [1.165, 1.54) is 16.7 Å². The molecular weight excluding hydrogens is 242 g/mol. The van der Waals surface area contributed by atoms with Gasteiger partial charge in [0.15, 0.2) is 0 Å². The van der Waals surface area contributed by atoms with Crippen LogP contribution in [-0.2, 0) is 5.41 Å². The maximum atomic E-state index is 3.57. The quantitative estimate of drug-likeness (QED) is 0.848. The second-order valence-electron chi connectivity index (χ2n) is 6.27. The van der Waals surface area contributed by atoms with Gasteiger partial charge in [-0.15, -0.1) is 0 Å². The standard InChI is InChI=1S/C19H25N/c1-5-20-18(15-9-7-6-8-10-15)16-11-13-17(14-12-16)19(2,3)4/h6-14,18,20H,5H2,1-4H3. The lowest BCUT2D eigenvalue weighted by Crippen LogP contribution is -2.22. The summed E-state index contributed by atoms with van der Waals surface area (Å²) in [6.45, 7) is 9.86. The molecule has 1 N–H and O–H groups in total. The molecule has 0 spiro atoms. The number of nitrogens with one attached hydrogen (secondary N) is 1. The van der Waals surface area contributed by atoms with Gasteiger partial charge < -0.3 is 5.32 Å². The van der Waals surface area contributed by atoms with Crippen LogP contribution in [0.15, 0.2) is 54.6 Å². The highest BCUT2D eigenvalue weighted by molar-refractivity contribution is 5.35. The minimum atomic E-state index is 0.207. The fourth-order valence-electron chi connectivity index (χ4n) is 2.45. The Balaban J connectivity index is 2.31. The first-order valence-electron chi connectivity index (χ1n) is 7.41. The molecule has 1 heteroatoms. The zero-order chi connectivity index (χ0) is 14.6. The fraction of sp³-hybridized carbons (Fsp3) is 0.368. The van der Waals surface area contributed by atoms with Gasteiger partial charge in [0, 0.05) is 0 Å². The number of rotatable bonds is 4. The fourth-order valence-corrected chi connectivity index (χ4v) is 2.45. The third-order valence-electron chi connectivity index (χ3n) is 3.65. The molecule has 106 valence electrons. The van der Waals surface area contributed by atoms with Gasteiger partial charge >= 0.3 is 0 Å². The molecule has 0 saturated carbocycles. The first kappa shape index (κ1) is 14.8. The minimum Gasteiger partial charge on any atom is -0.307 e. The highest BCUT2D eigenvalue weighted by atomic mass is 14.9. The lowest BCUT2D eigenvalue weighted by Gasteiger charge is -2.22. The van der Waals surface area contributed by atoms with Crippen LogP contribution in [0.5, 0.6) is 0 Å². The van der Waals surface area contributed by atoms with Crippen LogP contribution in [-0.4, -0.2) is 6.54 Å². The Morgan fingerprint density at radius 3 is 1.90 bits per heavy atom. The molecule has 20 heavy (non-hydrogen) atoms. The van der Waals surface area contributed by atoms with Gasteiger partial charge in [-0.25, -0.2) is 0 Å². The van der Waals surface area contributed by atoms with E-state index in [1.54, 1.807) is 0 Å². The predicted octanol–water partition coefficient (Wildman–Crippen LogP) is 4.68. The molecule has 0 saturated heterocycles. The molecule has 0 aliphatic heterocycles. The summed E-state index contributed by atoms with van der Waals surface area (Å²) in [7, 11) is 0. The minimum absolute atomic E-state index is 0.207. The Morgan fingerprint density at radius 1 is 0.850 bits per heavy atom. The van der Waals surface area contributed by atoms with Crippen molar-refractivity contribution >= 4 is 0 Å². The second-order valence-corrected chi connectivity index (χ2v) is 6.27. The lowest BCUT2D eigenvalue weighted by atomic mass is 9.86. The zero-order valence-corrected chi connectivity index (χ0v) is 13.0. The van der Waals surface area contributed by atoms with E-state index < -0.39 is 0 Å². The van der Waals surface area contributed by atoms with E-state index in [9.17, 15) is 0 Å². The normalized spacial score (nSPS) is 13.2. The first-order chi connectivity index (χ1) is 9.52. The van der Waals surface area contributed by atoms with Gasteiger partial charge in [-0.3, -0.25) is 0 Å². The molecule has 0 heterocycles. The summed E-state index contributed by atoms with van der Waals surface area (Å²) in [6.07, 6.45) is 0. The summed E-state index contributed by atoms with van der Waals surface area (Å²) in [6, 6.07) is 19.9. The van der Waals surface area contributed by atoms with Crippen molar-refractivity contribution in [1.82, 2.24) is 5.32 Å². The van der Waals surface area contributed by atoms with E-state index >= 15 is 0 Å². The van der Waals surface area contributed by atoms with Gasteiger partial charge in [-0.1, -0.05) is 82.3 Å². The summed E-state index contributed by atoms with van der Waals surface area (Å²) in [4.78, 5) is 0. The van der Waals surface area contributed by atoms with E-state index in [-0.39, 0.29) is 11.5 Å². The van der Waals surface area contributed by atoms with Gasteiger partial charge in [-0.2, -0.15) is 0 Å². The average molecular weight is 267 g/mol. The van der Waals surface area contributed by atoms with Crippen molar-refractivity contribution in [2.45, 2.75) is 39.2 Å². The molecule has 1 nitrogen and oxygen atoms in total. The van der Waals surface area contributed by atoms with Crippen LogP contribution >= 0.6 is 0 Å². The number of hydrogen-bond donors (Lipinski definition) is 1. The molecule has 0 bridgehead atoms. The SMILES string of the molecule is CCNC(c1ccccc1)c1ccc(C(C)(C)C)cc1. The van der Waals surface area contributed by atoms with Crippen molar-refractivity contribution in [2.75, 3.05) is 6.54 Å². The van der Waals surface area contributed by atoms with E-state index in [0.29, 0.717) is 0 Å². The maximum Gasteiger partial charge on any atom is 0.0576 e. The van der Waals surface area contributed by atoms with Crippen molar-refractivity contribution in [3.8, 4) is 0 Å². The largest absolute Gasteiger partial charge is 0.307 e. The van der Waals surface area contributed by atoms with Crippen molar-refractivity contribution in [2.24, 2.45) is 0 Å². The Labute approximate surface area is 123 Å². The molecule has 0 aliphatic carbocycles. The van der Waals surface area contributed by atoms with Gasteiger partial charge in [-0.05, 0) is 28.7 Å². The topological polar surface area (TPSA) is 12.0 Å². The van der Waals surface area contributed by atoms with Crippen LogP contribution in [0, 0.1) is 0 Å². The monoisotopic (exact) mass is 267 g/mol. The van der Waals surface area contributed by atoms with E-state index in [1.807, 2.05) is 0 Å². The first-order valence-corrected chi connectivity index (χ1v) is 7.41. The lowest BCUT2D eigenvalue weighted by molar-refractivity contribution is 0.587. The van der Waals surface area contributed by atoms with Gasteiger partial charge in [0.25, 0.3) is 0 Å². The molecule has 0 aliphatic rings. The molecule has 2 aromatic rings. The van der Waals surface area contributed by atoms with Crippen LogP contribution in [0.25, 0.3) is 0 Å². The molecule has 2 rings (SSSR count). The smallest absolute Gasteiger partial charge is 0.0576 e. The van der Waals surface area contributed by atoms with Crippen LogP contribution < -0.4 is 5.32 Å². The van der Waals surface area contributed by atoms with Crippen LogP contribution in [0.2, 0.25) is 0 Å². The molecular formula is C19H25N. The summed E-state index contributed by atoms with van der Waals surface area (Å²) >= 11 is 0. The van der Waals surface area contributed by atoms with Gasteiger partial charge in [0.1, 0.15) is 0 Å². The van der Waals surface area contributed by atoms with E-state index in [0.717, 1.165) is 6.54 Å². The van der Waals surface area contributed by atoms with Crippen molar-refractivity contribution in [3.05, 3.63) is 71.3 Å². The summed E-state index contributed by atoms with van der Waals surface area (Å²) < 4.78 is 0. The highest BCUT2D eigenvalue weighted by Gasteiger charge is 2.16. The van der Waals surface area contributed by atoms with Gasteiger partial charge in [0.05, 0.1) is 6.04 Å². The van der Waals surface area contributed by atoms with Crippen molar-refractivity contribution < 1.29 is 0 Å². The van der Waals surface area contributed by atoms with Crippen LogP contribution in [0.3, 0.4) is 0 Å². The van der Waals surface area contributed by atoms with E-state index in [2.05, 4.69) is 87.6 Å². The molecule has 0 radical (unpaired) electrons. The Kier molecular flexibility index (Phi) is 4.61. The maximum absolute atomic E-state index is 3.57. The molecule has 0 aromatic heterocycles. The van der Waals surface area contributed by atoms with Crippen molar-refractivity contribution in [1.29, 1.82) is 0 Å². The second kappa shape index (κ2) is 6.23. The predicted molar refractivity (Wildman–Crippen MR) is 87.1 cm³/mol. The summed E-state index contributed by atoms with van der Waals surface area (Å²) in [5, 5.41) is 3.57. The zero-order valence-electron chi connectivity index (χ0n) is 13.0. The Bertz CT molecular complexity index is 520.